The van der Waals surface area contributed by atoms with Crippen LogP contribution in [0.2, 0.25) is 0 Å². The van der Waals surface area contributed by atoms with Crippen LogP contribution in [-0.2, 0) is 16.6 Å². The van der Waals surface area contributed by atoms with Gasteiger partial charge in [0, 0.05) is 45.8 Å². The number of morpholine rings is 1. The first-order chi connectivity index (χ1) is 18.9. The molecular weight excluding hydrogens is 504 g/mol. The van der Waals surface area contributed by atoms with Crippen molar-refractivity contribution in [2.75, 3.05) is 45.9 Å². The molecule has 2 aliphatic heterocycles. The molecule has 0 bridgehead atoms. The average molecular weight is 536 g/mol. The highest BCUT2D eigenvalue weighted by molar-refractivity contribution is 6.02. The lowest BCUT2D eigenvalue weighted by Gasteiger charge is -2.31. The highest BCUT2D eigenvalue weighted by atomic mass is 19.1. The molecule has 0 aliphatic carbocycles. The molecule has 8 nitrogen and oxygen atoms in total. The first kappa shape index (κ1) is 26.7. The Morgan fingerprint density at radius 1 is 1.03 bits per heavy atom. The van der Waals surface area contributed by atoms with Crippen LogP contribution in [0.15, 0.2) is 72.0 Å². The lowest BCUT2D eigenvalue weighted by atomic mass is 10.0. The van der Waals surface area contributed by atoms with E-state index in [0.29, 0.717) is 31.9 Å². The molecule has 0 N–H and O–H groups in total. The number of amides is 2. The highest BCUT2D eigenvalue weighted by Crippen LogP contribution is 2.33. The maximum atomic E-state index is 14.6. The molecule has 0 spiro atoms. The number of hydrogen-bond donors (Lipinski definition) is 0. The number of hydrogen-bond acceptors (Lipinski definition) is 5. The van der Waals surface area contributed by atoms with Crippen LogP contribution in [0, 0.1) is 11.6 Å². The van der Waals surface area contributed by atoms with Crippen LogP contribution in [0.4, 0.5) is 8.78 Å². The molecule has 10 heteroatoms. The number of carbonyl (C=O) groups excluding carboxylic acids is 2. The van der Waals surface area contributed by atoms with Crippen molar-refractivity contribution < 1.29 is 23.1 Å². The SMILES string of the molecule is Cn1cccc1C1=NN(C(=O)CN(CCN2CCOCC2)C(=O)c2ccccc2F)[C@@H](c2ccc(F)cc2)C1. The van der Waals surface area contributed by atoms with Gasteiger partial charge in [0.25, 0.3) is 11.8 Å². The maximum Gasteiger partial charge on any atom is 0.262 e. The summed E-state index contributed by atoms with van der Waals surface area (Å²) in [4.78, 5) is 30.8. The first-order valence-electron chi connectivity index (χ1n) is 13.0. The Morgan fingerprint density at radius 2 is 1.77 bits per heavy atom. The van der Waals surface area contributed by atoms with Crippen molar-refractivity contribution in [1.29, 1.82) is 0 Å². The van der Waals surface area contributed by atoms with E-state index in [-0.39, 0.29) is 24.5 Å². The molecule has 2 amide bonds. The van der Waals surface area contributed by atoms with E-state index in [1.807, 2.05) is 29.9 Å². The van der Waals surface area contributed by atoms with Crippen LogP contribution in [0.3, 0.4) is 0 Å². The maximum absolute atomic E-state index is 14.6. The minimum absolute atomic E-state index is 0.0863. The lowest BCUT2D eigenvalue weighted by molar-refractivity contribution is -0.133. The Kier molecular flexibility index (Phi) is 8.13. The van der Waals surface area contributed by atoms with Gasteiger partial charge in [0.1, 0.15) is 18.2 Å². The summed E-state index contributed by atoms with van der Waals surface area (Å²) in [5, 5.41) is 6.05. The molecule has 0 unspecified atom stereocenters. The molecule has 3 heterocycles. The van der Waals surface area contributed by atoms with Gasteiger partial charge in [-0.25, -0.2) is 13.8 Å². The topological polar surface area (TPSA) is 70.4 Å². The summed E-state index contributed by atoms with van der Waals surface area (Å²) in [6, 6.07) is 15.1. The quantitative estimate of drug-likeness (QED) is 0.443. The van der Waals surface area contributed by atoms with E-state index in [2.05, 4.69) is 10.0 Å². The van der Waals surface area contributed by atoms with Crippen molar-refractivity contribution in [3.63, 3.8) is 0 Å². The van der Waals surface area contributed by atoms with Gasteiger partial charge in [-0.15, -0.1) is 0 Å². The van der Waals surface area contributed by atoms with E-state index in [1.54, 1.807) is 18.2 Å². The molecule has 1 atom stereocenters. The zero-order chi connectivity index (χ0) is 27.4. The van der Waals surface area contributed by atoms with Crippen molar-refractivity contribution in [3.8, 4) is 0 Å². The van der Waals surface area contributed by atoms with Gasteiger partial charge in [-0.3, -0.25) is 14.5 Å². The molecule has 2 aliphatic rings. The Balaban J connectivity index is 1.41. The van der Waals surface area contributed by atoms with Gasteiger partial charge in [-0.2, -0.15) is 5.10 Å². The Hall–Kier alpha value is -3.89. The summed E-state index contributed by atoms with van der Waals surface area (Å²) in [5.41, 5.74) is 2.23. The van der Waals surface area contributed by atoms with E-state index in [9.17, 15) is 18.4 Å². The second-order valence-corrected chi connectivity index (χ2v) is 9.72. The lowest BCUT2D eigenvalue weighted by Crippen LogP contribution is -2.46. The Labute approximate surface area is 226 Å². The van der Waals surface area contributed by atoms with E-state index < -0.39 is 23.7 Å². The van der Waals surface area contributed by atoms with Gasteiger partial charge in [0.2, 0.25) is 0 Å². The third kappa shape index (κ3) is 6.07. The zero-order valence-electron chi connectivity index (χ0n) is 21.8. The van der Waals surface area contributed by atoms with Crippen LogP contribution in [0.1, 0.15) is 34.1 Å². The summed E-state index contributed by atoms with van der Waals surface area (Å²) in [6.45, 7) is 3.13. The minimum atomic E-state index is -0.638. The van der Waals surface area contributed by atoms with Gasteiger partial charge in [-0.1, -0.05) is 24.3 Å². The number of aromatic nitrogens is 1. The minimum Gasteiger partial charge on any atom is -0.379 e. The highest BCUT2D eigenvalue weighted by Gasteiger charge is 2.35. The molecule has 3 aromatic rings. The molecule has 2 aromatic carbocycles. The summed E-state index contributed by atoms with van der Waals surface area (Å²) in [7, 11) is 1.90. The normalized spacial score (nSPS) is 17.8. The molecule has 0 radical (unpaired) electrons. The Morgan fingerprint density at radius 3 is 2.46 bits per heavy atom. The number of carbonyl (C=O) groups is 2. The first-order valence-corrected chi connectivity index (χ1v) is 13.0. The van der Waals surface area contributed by atoms with E-state index in [1.165, 1.54) is 40.2 Å². The van der Waals surface area contributed by atoms with Gasteiger partial charge in [-0.05, 0) is 42.0 Å². The van der Waals surface area contributed by atoms with E-state index in [4.69, 9.17) is 4.74 Å². The smallest absolute Gasteiger partial charge is 0.262 e. The summed E-state index contributed by atoms with van der Waals surface area (Å²) in [6.07, 6.45) is 2.33. The monoisotopic (exact) mass is 535 g/mol. The second kappa shape index (κ2) is 11.9. The van der Waals surface area contributed by atoms with Crippen molar-refractivity contribution >= 4 is 17.5 Å². The molecule has 204 valence electrons. The number of aryl methyl sites for hydroxylation is 1. The van der Waals surface area contributed by atoms with Crippen LogP contribution < -0.4 is 0 Å². The van der Waals surface area contributed by atoms with Crippen LogP contribution in [-0.4, -0.2) is 82.8 Å². The molecule has 1 aromatic heterocycles. The number of rotatable bonds is 8. The fraction of sp³-hybridized carbons (Fsp3) is 0.345. The van der Waals surface area contributed by atoms with Crippen LogP contribution in [0.5, 0.6) is 0 Å². The van der Waals surface area contributed by atoms with Crippen LogP contribution in [0.25, 0.3) is 0 Å². The molecule has 39 heavy (non-hydrogen) atoms. The number of halogens is 2. The third-order valence-electron chi connectivity index (χ3n) is 7.17. The number of ether oxygens (including phenoxy) is 1. The summed E-state index contributed by atoms with van der Waals surface area (Å²) in [5.74, 6) is -1.97. The predicted molar refractivity (Wildman–Crippen MR) is 142 cm³/mol. The second-order valence-electron chi connectivity index (χ2n) is 9.72. The molecule has 5 rings (SSSR count). The molecule has 1 saturated heterocycles. The third-order valence-corrected chi connectivity index (χ3v) is 7.17. The fourth-order valence-electron chi connectivity index (χ4n) is 4.98. The van der Waals surface area contributed by atoms with Crippen molar-refractivity contribution in [2.45, 2.75) is 12.5 Å². The summed E-state index contributed by atoms with van der Waals surface area (Å²) >= 11 is 0. The van der Waals surface area contributed by atoms with Gasteiger partial charge >= 0.3 is 0 Å². The van der Waals surface area contributed by atoms with Gasteiger partial charge < -0.3 is 14.2 Å². The van der Waals surface area contributed by atoms with Crippen LogP contribution >= 0.6 is 0 Å². The number of hydrazone groups is 1. The molecule has 1 fully saturated rings. The average Bonchev–Trinajstić information content (AvgIpc) is 3.58. The number of nitrogens with zero attached hydrogens (tertiary/aromatic N) is 5. The largest absolute Gasteiger partial charge is 0.379 e. The van der Waals surface area contributed by atoms with Gasteiger partial charge in [0.15, 0.2) is 0 Å². The van der Waals surface area contributed by atoms with Gasteiger partial charge in [0.05, 0.1) is 36.2 Å². The molecule has 0 saturated carbocycles. The Bertz CT molecular complexity index is 1350. The zero-order valence-corrected chi connectivity index (χ0v) is 21.8. The standard InChI is InChI=1S/C29H31F2N5O3/c1-33-12-4-7-26(33)25-19-27(21-8-10-22(30)11-9-21)36(32-25)28(37)20-35(14-13-34-15-17-39-18-16-34)29(38)23-5-2-3-6-24(23)31/h2-12,27H,13-20H2,1H3/t27-/m1/s1. The fourth-order valence-corrected chi connectivity index (χ4v) is 4.98. The summed E-state index contributed by atoms with van der Waals surface area (Å²) < 4.78 is 35.6. The van der Waals surface area contributed by atoms with E-state index in [0.717, 1.165) is 24.3 Å². The van der Waals surface area contributed by atoms with E-state index >= 15 is 0 Å². The van der Waals surface area contributed by atoms with Crippen molar-refractivity contribution in [2.24, 2.45) is 12.1 Å². The molecular formula is C29H31F2N5O3. The van der Waals surface area contributed by atoms with Crippen molar-refractivity contribution in [3.05, 3.63) is 95.3 Å². The predicted octanol–water partition coefficient (Wildman–Crippen LogP) is 3.46. The van der Waals surface area contributed by atoms with Crippen molar-refractivity contribution in [1.82, 2.24) is 19.4 Å². The number of benzene rings is 2.